The van der Waals surface area contributed by atoms with Crippen molar-refractivity contribution in [3.63, 3.8) is 0 Å². The molecule has 2 bridgehead atoms. The summed E-state index contributed by atoms with van der Waals surface area (Å²) in [5.74, 6) is -5.92. The van der Waals surface area contributed by atoms with Crippen LogP contribution in [0, 0.1) is 17.7 Å². The van der Waals surface area contributed by atoms with Crippen LogP contribution in [0.1, 0.15) is 0 Å². The topological polar surface area (TPSA) is 57.6 Å². The minimum absolute atomic E-state index is 0.283. The molecule has 1 amide bonds. The van der Waals surface area contributed by atoms with Gasteiger partial charge < -0.3 is 10.0 Å². The van der Waals surface area contributed by atoms with Crippen LogP contribution in [-0.4, -0.2) is 38.1 Å². The van der Waals surface area contributed by atoms with Crippen LogP contribution in [0.25, 0.3) is 0 Å². The van der Waals surface area contributed by atoms with Crippen molar-refractivity contribution in [2.24, 2.45) is 11.8 Å². The van der Waals surface area contributed by atoms with Gasteiger partial charge in [-0.15, -0.1) is 23.2 Å². The first-order valence-electron chi connectivity index (χ1n) is 7.41. The Morgan fingerprint density at radius 2 is 1.44 bits per heavy atom. The number of hydrogen-bond acceptors (Lipinski definition) is 2. The van der Waals surface area contributed by atoms with Crippen LogP contribution in [-0.2, 0) is 9.59 Å². The fraction of sp³-hybridized carbons (Fsp3) is 0.375. The highest BCUT2D eigenvalue weighted by molar-refractivity contribution is 6.66. The maximum Gasteiger partial charge on any atom is 0.309 e. The number of benzene rings is 1. The zero-order valence-corrected chi connectivity index (χ0v) is 17.9. The van der Waals surface area contributed by atoms with Gasteiger partial charge in [0, 0.05) is 12.7 Å². The van der Waals surface area contributed by atoms with Gasteiger partial charge in [-0.1, -0.05) is 46.4 Å². The van der Waals surface area contributed by atoms with E-state index < -0.39 is 43.6 Å². The second-order valence-electron chi connectivity index (χ2n) is 6.29. The van der Waals surface area contributed by atoms with E-state index in [1.807, 2.05) is 0 Å². The number of nitrogens with zero attached hydrogens (tertiary/aromatic N) is 1. The van der Waals surface area contributed by atoms with Crippen molar-refractivity contribution in [1.82, 2.24) is 0 Å². The molecule has 4 nitrogen and oxygen atoms in total. The number of carbonyl (C=O) groups excluding carboxylic acids is 1. The van der Waals surface area contributed by atoms with Gasteiger partial charge in [-0.3, -0.25) is 9.59 Å². The van der Waals surface area contributed by atoms with Crippen molar-refractivity contribution in [3.05, 3.63) is 40.1 Å². The predicted octanol–water partition coefficient (Wildman–Crippen LogP) is 4.95. The third-order valence-corrected chi connectivity index (χ3v) is 9.27. The van der Waals surface area contributed by atoms with Gasteiger partial charge in [-0.25, -0.2) is 4.39 Å². The number of carboxylic acid groups (broad SMARTS) is 1. The fourth-order valence-electron chi connectivity index (χ4n) is 3.61. The highest BCUT2D eigenvalue weighted by Crippen LogP contribution is 2.76. The molecule has 2 aliphatic rings. The van der Waals surface area contributed by atoms with Crippen LogP contribution in [0.3, 0.4) is 0 Å². The highest BCUT2D eigenvalue weighted by atomic mass is 35.5. The van der Waals surface area contributed by atoms with Gasteiger partial charge in [0.2, 0.25) is 5.91 Å². The Labute approximate surface area is 183 Å². The number of carbonyl (C=O) groups is 2. The molecule has 0 aliphatic heterocycles. The maximum atomic E-state index is 13.2. The minimum atomic E-state index is -2.18. The third kappa shape index (κ3) is 2.49. The number of alkyl halides is 4. The van der Waals surface area contributed by atoms with E-state index in [1.165, 1.54) is 19.2 Å². The number of anilines is 1. The molecule has 1 N–H and O–H groups in total. The number of amides is 1. The summed E-state index contributed by atoms with van der Waals surface area (Å²) < 4.78 is 11.0. The van der Waals surface area contributed by atoms with E-state index in [2.05, 4.69) is 0 Å². The molecule has 4 unspecified atom stereocenters. The first kappa shape index (κ1) is 21.3. The molecule has 1 aromatic carbocycles. The molecular weight excluding hydrogens is 486 g/mol. The van der Waals surface area contributed by atoms with Crippen LogP contribution in [0.15, 0.2) is 34.3 Å². The monoisotopic (exact) mass is 493 g/mol. The van der Waals surface area contributed by atoms with Gasteiger partial charge in [0.1, 0.15) is 15.6 Å². The summed E-state index contributed by atoms with van der Waals surface area (Å²) in [6, 6.07) is 4.97. The van der Waals surface area contributed by atoms with E-state index in [9.17, 15) is 19.1 Å². The van der Waals surface area contributed by atoms with Crippen LogP contribution in [0.4, 0.5) is 10.1 Å². The Hall–Kier alpha value is -0.430. The molecule has 27 heavy (non-hydrogen) atoms. The summed E-state index contributed by atoms with van der Waals surface area (Å²) in [4.78, 5) is 22.1. The molecule has 0 aromatic heterocycles. The zero-order chi connectivity index (χ0) is 20.5. The Balaban J connectivity index is 2.15. The van der Waals surface area contributed by atoms with Crippen LogP contribution in [0.5, 0.6) is 0 Å². The number of rotatable bonds is 3. The summed E-state index contributed by atoms with van der Waals surface area (Å²) in [7, 11) is 1.37. The smallest absolute Gasteiger partial charge is 0.309 e. The van der Waals surface area contributed by atoms with E-state index in [0.29, 0.717) is 0 Å². The Morgan fingerprint density at radius 1 is 1.00 bits per heavy atom. The van der Waals surface area contributed by atoms with Gasteiger partial charge in [-0.05, 0) is 24.3 Å². The van der Waals surface area contributed by atoms with E-state index in [4.69, 9.17) is 69.6 Å². The first-order valence-corrected chi connectivity index (χ1v) is 9.68. The van der Waals surface area contributed by atoms with E-state index in [1.54, 1.807) is 0 Å². The summed E-state index contributed by atoms with van der Waals surface area (Å²) in [6.45, 7) is 0. The molecule has 0 saturated heterocycles. The Morgan fingerprint density at radius 3 is 1.89 bits per heavy atom. The van der Waals surface area contributed by atoms with Crippen molar-refractivity contribution in [2.45, 2.75) is 14.1 Å². The second-order valence-corrected chi connectivity index (χ2v) is 9.57. The molecule has 0 spiro atoms. The number of fused-ring (bicyclic) bond motifs is 2. The molecule has 3 rings (SSSR count). The number of allylic oxidation sites excluding steroid dienone is 2. The molecule has 1 fully saturated rings. The predicted molar refractivity (Wildman–Crippen MR) is 105 cm³/mol. The lowest BCUT2D eigenvalue weighted by Crippen LogP contribution is -2.50. The highest BCUT2D eigenvalue weighted by Gasteiger charge is 2.85. The minimum Gasteiger partial charge on any atom is -0.481 e. The zero-order valence-electron chi connectivity index (χ0n) is 13.3. The summed E-state index contributed by atoms with van der Waals surface area (Å²) >= 11 is 38.1. The summed E-state index contributed by atoms with van der Waals surface area (Å²) in [5.41, 5.74) is 0.290. The molecule has 11 heteroatoms. The maximum absolute atomic E-state index is 13.2. The fourth-order valence-corrected chi connectivity index (χ4v) is 6.54. The van der Waals surface area contributed by atoms with Crippen LogP contribution >= 0.6 is 69.6 Å². The van der Waals surface area contributed by atoms with Crippen LogP contribution in [0.2, 0.25) is 0 Å². The summed E-state index contributed by atoms with van der Waals surface area (Å²) in [6.07, 6.45) is 0. The number of aliphatic carboxylic acids is 1. The number of hydrogen-bond donors (Lipinski definition) is 1. The van der Waals surface area contributed by atoms with Gasteiger partial charge in [-0.2, -0.15) is 0 Å². The number of carboxylic acids is 1. The normalized spacial score (nSPS) is 34.1. The van der Waals surface area contributed by atoms with Crippen molar-refractivity contribution in [3.8, 4) is 0 Å². The lowest BCUT2D eigenvalue weighted by molar-refractivity contribution is -0.146. The molecule has 1 saturated carbocycles. The van der Waals surface area contributed by atoms with Crippen molar-refractivity contribution in [1.29, 1.82) is 0 Å². The van der Waals surface area contributed by atoms with Crippen molar-refractivity contribution < 1.29 is 19.1 Å². The second kappa shape index (κ2) is 6.54. The number of halogens is 7. The van der Waals surface area contributed by atoms with E-state index in [0.717, 1.165) is 17.0 Å². The lowest BCUT2D eigenvalue weighted by atomic mass is 9.81. The van der Waals surface area contributed by atoms with Crippen molar-refractivity contribution in [2.75, 3.05) is 11.9 Å². The largest absolute Gasteiger partial charge is 0.481 e. The van der Waals surface area contributed by atoms with Crippen molar-refractivity contribution >= 4 is 87.2 Å². The van der Waals surface area contributed by atoms with Gasteiger partial charge in [0.05, 0.1) is 21.9 Å². The van der Waals surface area contributed by atoms with Gasteiger partial charge in [0.15, 0.2) is 4.33 Å². The standard InChI is InChI=1S/C16H10Cl6FNO3/c1-24(7-4-2-6(23)3-5-7)12(25)8-9(13(26)27)15(20)11(18)10(17)14(8,19)16(15,21)22/h2-5,8-9H,1H3,(H,26,27). The van der Waals surface area contributed by atoms with Crippen LogP contribution < -0.4 is 4.90 Å². The molecule has 1 aromatic rings. The first-order chi connectivity index (χ1) is 12.3. The molecular formula is C16H10Cl6FNO3. The quantitative estimate of drug-likeness (QED) is 0.604. The molecule has 0 radical (unpaired) electrons. The summed E-state index contributed by atoms with van der Waals surface area (Å²) in [5, 5.41) is 9.16. The van der Waals surface area contributed by atoms with E-state index >= 15 is 0 Å². The average molecular weight is 496 g/mol. The van der Waals surface area contributed by atoms with Gasteiger partial charge >= 0.3 is 5.97 Å². The molecule has 2 aliphatic carbocycles. The molecule has 0 heterocycles. The van der Waals surface area contributed by atoms with E-state index in [-0.39, 0.29) is 15.8 Å². The lowest BCUT2D eigenvalue weighted by Gasteiger charge is -2.35. The average Bonchev–Trinajstić information content (AvgIpc) is 2.81. The Kier molecular flexibility index (Phi) is 5.16. The molecule has 146 valence electrons. The molecule has 4 atom stereocenters. The SMILES string of the molecule is CN(C(=O)C1C(C(=O)O)C2(Cl)C(Cl)=C(Cl)C1(Cl)C2(Cl)Cl)c1ccc(F)cc1. The third-order valence-electron chi connectivity index (χ3n) is 5.01. The Bertz CT molecular complexity index is 875. The van der Waals surface area contributed by atoms with Gasteiger partial charge in [0.25, 0.3) is 0 Å².